The van der Waals surface area contributed by atoms with E-state index < -0.39 is 4.92 Å². The van der Waals surface area contributed by atoms with Gasteiger partial charge in [0, 0.05) is 12.1 Å². The lowest BCUT2D eigenvalue weighted by Crippen LogP contribution is -2.13. The van der Waals surface area contributed by atoms with Crippen molar-refractivity contribution in [2.24, 2.45) is 0 Å². The summed E-state index contributed by atoms with van der Waals surface area (Å²) in [5, 5.41) is 22.5. The third kappa shape index (κ3) is 3.81. The number of aryl methyl sites for hydroxylation is 1. The third-order valence-corrected chi connectivity index (χ3v) is 5.57. The maximum atomic E-state index is 11.9. The van der Waals surface area contributed by atoms with E-state index >= 15 is 0 Å². The largest absolute Gasteiger partial charge is 0.301 e. The van der Waals surface area contributed by atoms with Gasteiger partial charge in [-0.15, -0.1) is 10.2 Å². The van der Waals surface area contributed by atoms with Gasteiger partial charge in [-0.3, -0.25) is 14.9 Å². The average Bonchev–Trinajstić information content (AvgIpc) is 3.09. The van der Waals surface area contributed by atoms with Crippen LogP contribution < -0.4 is 5.32 Å². The number of benzene rings is 1. The van der Waals surface area contributed by atoms with Crippen molar-refractivity contribution in [3.63, 3.8) is 0 Å². The van der Waals surface area contributed by atoms with Crippen LogP contribution in [0.3, 0.4) is 0 Å². The van der Waals surface area contributed by atoms with Gasteiger partial charge in [0.15, 0.2) is 9.47 Å². The number of carbonyl (C=O) groups excluding carboxylic acids is 1. The fourth-order valence-electron chi connectivity index (χ4n) is 1.70. The molecule has 118 valence electrons. The van der Waals surface area contributed by atoms with Gasteiger partial charge in [-0.05, 0) is 13.0 Å². The van der Waals surface area contributed by atoms with Crippen LogP contribution in [0.1, 0.15) is 5.01 Å². The average molecular weight is 367 g/mol. The summed E-state index contributed by atoms with van der Waals surface area (Å²) in [5.41, 5.74) is 0.615. The molecule has 23 heavy (non-hydrogen) atoms. The number of hydrogen-bond acceptors (Lipinski definition) is 9. The number of amides is 1. The van der Waals surface area contributed by atoms with Crippen LogP contribution in [-0.4, -0.2) is 31.8 Å². The van der Waals surface area contributed by atoms with E-state index in [1.165, 1.54) is 46.6 Å². The minimum atomic E-state index is -0.460. The number of thioether (sulfide) groups is 1. The van der Waals surface area contributed by atoms with E-state index in [0.29, 0.717) is 15.3 Å². The van der Waals surface area contributed by atoms with Crippen molar-refractivity contribution in [3.05, 3.63) is 33.3 Å². The van der Waals surface area contributed by atoms with E-state index in [4.69, 9.17) is 0 Å². The number of nitro groups is 1. The molecule has 0 saturated carbocycles. The Hall–Kier alpha value is -2.11. The molecule has 3 rings (SSSR count). The first-order valence-electron chi connectivity index (χ1n) is 6.29. The minimum absolute atomic E-state index is 0.00113. The van der Waals surface area contributed by atoms with E-state index in [9.17, 15) is 14.9 Å². The van der Waals surface area contributed by atoms with Gasteiger partial charge < -0.3 is 5.32 Å². The molecule has 3 aromatic rings. The molecular formula is C12H9N5O3S3. The van der Waals surface area contributed by atoms with Crippen LogP contribution >= 0.6 is 34.4 Å². The first-order chi connectivity index (χ1) is 11.0. The normalized spacial score (nSPS) is 10.8. The lowest BCUT2D eigenvalue weighted by atomic mass is 10.3. The number of anilines is 1. The number of hydrogen-bond donors (Lipinski definition) is 1. The van der Waals surface area contributed by atoms with Crippen molar-refractivity contribution < 1.29 is 9.72 Å². The maximum absolute atomic E-state index is 11.9. The molecule has 2 heterocycles. The van der Waals surface area contributed by atoms with Crippen molar-refractivity contribution in [3.8, 4) is 0 Å². The Balaban J connectivity index is 1.66. The number of fused-ring (bicyclic) bond motifs is 1. The molecule has 0 aliphatic heterocycles. The summed E-state index contributed by atoms with van der Waals surface area (Å²) in [6.45, 7) is 1.85. The van der Waals surface area contributed by atoms with Crippen LogP contribution in [0, 0.1) is 17.0 Å². The molecule has 0 fully saturated rings. The van der Waals surface area contributed by atoms with Gasteiger partial charge in [0.2, 0.25) is 5.91 Å². The molecule has 1 aromatic carbocycles. The molecule has 11 heteroatoms. The fraction of sp³-hybridized carbons (Fsp3) is 0.167. The van der Waals surface area contributed by atoms with Gasteiger partial charge in [-0.25, -0.2) is 4.98 Å². The van der Waals surface area contributed by atoms with Gasteiger partial charge in [-0.1, -0.05) is 34.4 Å². The fourth-order valence-corrected chi connectivity index (χ4v) is 4.23. The molecule has 0 aliphatic rings. The van der Waals surface area contributed by atoms with E-state index in [0.717, 1.165) is 9.35 Å². The molecule has 0 bridgehead atoms. The van der Waals surface area contributed by atoms with Crippen LogP contribution in [-0.2, 0) is 4.79 Å². The highest BCUT2D eigenvalue weighted by Gasteiger charge is 2.12. The molecule has 0 spiro atoms. The molecule has 2 aromatic heterocycles. The van der Waals surface area contributed by atoms with Crippen molar-refractivity contribution >= 4 is 61.4 Å². The predicted octanol–water partition coefficient (Wildman–Crippen LogP) is 3.10. The number of non-ortho nitro benzene ring substituents is 1. The summed E-state index contributed by atoms with van der Waals surface area (Å²) >= 11 is 3.93. The lowest BCUT2D eigenvalue weighted by Gasteiger charge is -1.98. The van der Waals surface area contributed by atoms with Gasteiger partial charge in [0.05, 0.1) is 20.9 Å². The Bertz CT molecular complexity index is 891. The maximum Gasteiger partial charge on any atom is 0.270 e. The minimum Gasteiger partial charge on any atom is -0.301 e. The number of nitrogens with zero attached hydrogens (tertiary/aromatic N) is 4. The molecule has 0 radical (unpaired) electrons. The van der Waals surface area contributed by atoms with Crippen molar-refractivity contribution in [2.75, 3.05) is 11.1 Å². The summed E-state index contributed by atoms with van der Waals surface area (Å²) in [5.74, 6) is -0.0125. The zero-order valence-electron chi connectivity index (χ0n) is 11.7. The number of rotatable bonds is 5. The summed E-state index contributed by atoms with van der Waals surface area (Å²) < 4.78 is 1.39. The topological polar surface area (TPSA) is 111 Å². The van der Waals surface area contributed by atoms with Crippen LogP contribution in [0.4, 0.5) is 10.8 Å². The predicted molar refractivity (Wildman–Crippen MR) is 90.3 cm³/mol. The van der Waals surface area contributed by atoms with Crippen LogP contribution in [0.15, 0.2) is 22.5 Å². The Morgan fingerprint density at radius 3 is 2.91 bits per heavy atom. The first kappa shape index (κ1) is 15.8. The van der Waals surface area contributed by atoms with Crippen LogP contribution in [0.2, 0.25) is 0 Å². The lowest BCUT2D eigenvalue weighted by molar-refractivity contribution is -0.384. The highest BCUT2D eigenvalue weighted by molar-refractivity contribution is 8.01. The monoisotopic (exact) mass is 367 g/mol. The Morgan fingerprint density at radius 2 is 2.22 bits per heavy atom. The van der Waals surface area contributed by atoms with E-state index in [-0.39, 0.29) is 17.3 Å². The highest BCUT2D eigenvalue weighted by Crippen LogP contribution is 2.29. The zero-order chi connectivity index (χ0) is 16.4. The molecule has 0 atom stereocenters. The van der Waals surface area contributed by atoms with Crippen molar-refractivity contribution in [2.45, 2.75) is 11.3 Å². The highest BCUT2D eigenvalue weighted by atomic mass is 32.2. The van der Waals surface area contributed by atoms with E-state index in [1.807, 2.05) is 6.92 Å². The summed E-state index contributed by atoms with van der Waals surface area (Å²) in [6, 6.07) is 4.40. The number of thiazole rings is 1. The third-order valence-electron chi connectivity index (χ3n) is 2.66. The molecule has 0 aliphatic carbocycles. The molecule has 1 N–H and O–H groups in total. The van der Waals surface area contributed by atoms with Gasteiger partial charge in [-0.2, -0.15) is 0 Å². The summed E-state index contributed by atoms with van der Waals surface area (Å²) in [6.07, 6.45) is 0. The van der Waals surface area contributed by atoms with Crippen LogP contribution in [0.25, 0.3) is 10.2 Å². The van der Waals surface area contributed by atoms with Gasteiger partial charge >= 0.3 is 0 Å². The first-order valence-corrected chi connectivity index (χ1v) is 8.91. The number of carbonyl (C=O) groups is 1. The summed E-state index contributed by atoms with van der Waals surface area (Å²) in [4.78, 5) is 26.5. The number of aromatic nitrogens is 3. The Kier molecular flexibility index (Phi) is 4.50. The molecule has 0 saturated heterocycles. The number of nitrogens with one attached hydrogen (secondary N) is 1. The quantitative estimate of drug-likeness (QED) is 0.419. The molecule has 0 unspecified atom stereocenters. The Morgan fingerprint density at radius 1 is 1.39 bits per heavy atom. The van der Waals surface area contributed by atoms with Crippen LogP contribution in [0.5, 0.6) is 0 Å². The molecular weight excluding hydrogens is 358 g/mol. The Labute approximate surface area is 142 Å². The van der Waals surface area contributed by atoms with Crippen molar-refractivity contribution in [1.82, 2.24) is 15.2 Å². The van der Waals surface area contributed by atoms with E-state index in [2.05, 4.69) is 20.5 Å². The van der Waals surface area contributed by atoms with Crippen molar-refractivity contribution in [1.29, 1.82) is 0 Å². The van der Waals surface area contributed by atoms with E-state index in [1.54, 1.807) is 6.07 Å². The second-order valence-electron chi connectivity index (χ2n) is 4.35. The second kappa shape index (κ2) is 6.56. The van der Waals surface area contributed by atoms with Gasteiger partial charge in [0.25, 0.3) is 5.69 Å². The summed E-state index contributed by atoms with van der Waals surface area (Å²) in [7, 11) is 0. The molecule has 1 amide bonds. The SMILES string of the molecule is Cc1nnc(SCC(=O)Nc2nc3ccc([N+](=O)[O-])cc3s2)s1. The molecule has 8 nitrogen and oxygen atoms in total. The van der Waals surface area contributed by atoms with Gasteiger partial charge in [0.1, 0.15) is 5.01 Å². The second-order valence-corrected chi connectivity index (χ2v) is 7.79. The standard InChI is InChI=1S/C12H9N5O3S3/c1-6-15-16-12(22-6)21-5-10(18)14-11-13-8-3-2-7(17(19)20)4-9(8)23-11/h2-4H,5H2,1H3,(H,13,14,18). The number of nitro benzene ring substituents is 1. The zero-order valence-corrected chi connectivity index (χ0v) is 14.1. The smallest absolute Gasteiger partial charge is 0.270 e.